The van der Waals surface area contributed by atoms with Crippen molar-refractivity contribution in [2.75, 3.05) is 13.1 Å². The highest BCUT2D eigenvalue weighted by atomic mass is 32.1. The van der Waals surface area contributed by atoms with Crippen LogP contribution in [0.25, 0.3) is 0 Å². The van der Waals surface area contributed by atoms with Crippen LogP contribution >= 0.6 is 11.3 Å². The van der Waals surface area contributed by atoms with E-state index in [4.69, 9.17) is 4.98 Å². The van der Waals surface area contributed by atoms with Crippen molar-refractivity contribution in [3.8, 4) is 0 Å². The summed E-state index contributed by atoms with van der Waals surface area (Å²) in [5.41, 5.74) is 2.39. The topological polar surface area (TPSA) is 38.1 Å². The van der Waals surface area contributed by atoms with E-state index in [1.54, 1.807) is 29.0 Å². The molecule has 2 aromatic rings. The lowest BCUT2D eigenvalue weighted by Gasteiger charge is -2.31. The van der Waals surface area contributed by atoms with Gasteiger partial charge in [0, 0.05) is 43.7 Å². The van der Waals surface area contributed by atoms with Gasteiger partial charge in [-0.25, -0.2) is 4.98 Å². The third kappa shape index (κ3) is 3.90. The van der Waals surface area contributed by atoms with Crippen LogP contribution in [0, 0.1) is 0 Å². The molecule has 1 aliphatic rings. The molecule has 0 saturated carbocycles. The first-order valence-electron chi connectivity index (χ1n) is 8.36. The van der Waals surface area contributed by atoms with Crippen molar-refractivity contribution in [2.24, 2.45) is 7.05 Å². The lowest BCUT2D eigenvalue weighted by Crippen LogP contribution is -2.34. The molecule has 0 spiro atoms. The van der Waals surface area contributed by atoms with Crippen LogP contribution in [-0.2, 0) is 13.6 Å². The van der Waals surface area contributed by atoms with Gasteiger partial charge in [-0.1, -0.05) is 13.8 Å². The SMILES string of the molecule is CC(C)c1csc([C@H]2CCCN(Cc3ccn(C)c(=O)c3)C2)n1. The van der Waals surface area contributed by atoms with Crippen LogP contribution in [-0.4, -0.2) is 27.5 Å². The maximum atomic E-state index is 11.8. The second-order valence-electron chi connectivity index (χ2n) is 6.82. The number of hydrogen-bond acceptors (Lipinski definition) is 4. The molecular weight excluding hydrogens is 306 g/mol. The van der Waals surface area contributed by atoms with Crippen molar-refractivity contribution in [1.29, 1.82) is 0 Å². The minimum atomic E-state index is 0.0672. The number of likely N-dealkylation sites (tertiary alicyclic amines) is 1. The molecular formula is C18H25N3OS. The van der Waals surface area contributed by atoms with Crippen molar-refractivity contribution < 1.29 is 0 Å². The predicted molar refractivity (Wildman–Crippen MR) is 95.1 cm³/mol. The summed E-state index contributed by atoms with van der Waals surface area (Å²) in [6.45, 7) is 7.40. The van der Waals surface area contributed by atoms with E-state index in [0.717, 1.165) is 25.2 Å². The molecule has 0 aliphatic carbocycles. The molecule has 1 fully saturated rings. The van der Waals surface area contributed by atoms with Crippen LogP contribution in [0.3, 0.4) is 0 Å². The summed E-state index contributed by atoms with van der Waals surface area (Å²) in [4.78, 5) is 19.1. The fraction of sp³-hybridized carbons (Fsp3) is 0.556. The molecule has 1 aliphatic heterocycles. The minimum absolute atomic E-state index is 0.0672. The van der Waals surface area contributed by atoms with E-state index in [2.05, 4.69) is 24.1 Å². The van der Waals surface area contributed by atoms with Gasteiger partial charge in [-0.05, 0) is 36.9 Å². The number of nitrogens with zero attached hydrogens (tertiary/aromatic N) is 3. The number of aromatic nitrogens is 2. The largest absolute Gasteiger partial charge is 0.319 e. The van der Waals surface area contributed by atoms with Gasteiger partial charge < -0.3 is 4.57 Å². The Morgan fingerprint density at radius 2 is 2.26 bits per heavy atom. The van der Waals surface area contributed by atoms with Gasteiger partial charge >= 0.3 is 0 Å². The Labute approximate surface area is 141 Å². The van der Waals surface area contributed by atoms with Gasteiger partial charge in [-0.15, -0.1) is 11.3 Å². The lowest BCUT2D eigenvalue weighted by molar-refractivity contribution is 0.200. The van der Waals surface area contributed by atoms with Gasteiger partial charge in [0.25, 0.3) is 5.56 Å². The van der Waals surface area contributed by atoms with Crippen LogP contribution in [0.1, 0.15) is 54.8 Å². The molecule has 0 bridgehead atoms. The van der Waals surface area contributed by atoms with Gasteiger partial charge in [0.15, 0.2) is 0 Å². The smallest absolute Gasteiger partial charge is 0.250 e. The molecule has 0 aromatic carbocycles. The van der Waals surface area contributed by atoms with Crippen LogP contribution < -0.4 is 5.56 Å². The van der Waals surface area contributed by atoms with Crippen molar-refractivity contribution in [3.05, 3.63) is 50.3 Å². The quantitative estimate of drug-likeness (QED) is 0.862. The number of piperidine rings is 1. The average molecular weight is 331 g/mol. The molecule has 0 amide bonds. The Balaban J connectivity index is 1.67. The second kappa shape index (κ2) is 6.97. The van der Waals surface area contributed by atoms with Crippen LogP contribution in [0.15, 0.2) is 28.5 Å². The molecule has 1 saturated heterocycles. The average Bonchev–Trinajstić information content (AvgIpc) is 3.01. The van der Waals surface area contributed by atoms with Crippen molar-refractivity contribution in [3.63, 3.8) is 0 Å². The van der Waals surface area contributed by atoms with Crippen molar-refractivity contribution >= 4 is 11.3 Å². The third-order valence-electron chi connectivity index (χ3n) is 4.56. The molecule has 3 heterocycles. The maximum absolute atomic E-state index is 11.8. The summed E-state index contributed by atoms with van der Waals surface area (Å²) >= 11 is 1.81. The summed E-state index contributed by atoms with van der Waals surface area (Å²) in [7, 11) is 1.79. The molecule has 23 heavy (non-hydrogen) atoms. The zero-order valence-corrected chi connectivity index (χ0v) is 15.0. The highest BCUT2D eigenvalue weighted by Crippen LogP contribution is 2.31. The van der Waals surface area contributed by atoms with Crippen LogP contribution in [0.4, 0.5) is 0 Å². The first kappa shape index (κ1) is 16.4. The van der Waals surface area contributed by atoms with E-state index >= 15 is 0 Å². The summed E-state index contributed by atoms with van der Waals surface area (Å²) in [6, 6.07) is 3.80. The van der Waals surface area contributed by atoms with Gasteiger partial charge in [-0.3, -0.25) is 9.69 Å². The molecule has 4 nitrogen and oxygen atoms in total. The van der Waals surface area contributed by atoms with Crippen LogP contribution in [0.2, 0.25) is 0 Å². The fourth-order valence-corrected chi connectivity index (χ4v) is 4.21. The fourth-order valence-electron chi connectivity index (χ4n) is 3.10. The van der Waals surface area contributed by atoms with Crippen LogP contribution in [0.5, 0.6) is 0 Å². The Morgan fingerprint density at radius 1 is 1.43 bits per heavy atom. The number of hydrogen-bond donors (Lipinski definition) is 0. The molecule has 0 N–H and O–H groups in total. The molecule has 0 unspecified atom stereocenters. The molecule has 124 valence electrons. The summed E-state index contributed by atoms with van der Waals surface area (Å²) in [5.74, 6) is 1.04. The Morgan fingerprint density at radius 3 is 2.96 bits per heavy atom. The van der Waals surface area contributed by atoms with Gasteiger partial charge in [-0.2, -0.15) is 0 Å². The Kier molecular flexibility index (Phi) is 4.97. The molecule has 5 heteroatoms. The molecule has 2 aromatic heterocycles. The van der Waals surface area contributed by atoms with Crippen molar-refractivity contribution in [1.82, 2.24) is 14.5 Å². The van der Waals surface area contributed by atoms with Gasteiger partial charge in [0.05, 0.1) is 10.7 Å². The first-order valence-corrected chi connectivity index (χ1v) is 9.24. The summed E-state index contributed by atoms with van der Waals surface area (Å²) in [5, 5.41) is 3.49. The zero-order chi connectivity index (χ0) is 16.4. The van der Waals surface area contributed by atoms with E-state index < -0.39 is 0 Å². The number of pyridine rings is 1. The minimum Gasteiger partial charge on any atom is -0.319 e. The Hall–Kier alpha value is -1.46. The zero-order valence-electron chi connectivity index (χ0n) is 14.2. The van der Waals surface area contributed by atoms with E-state index in [-0.39, 0.29) is 5.56 Å². The summed E-state index contributed by atoms with van der Waals surface area (Å²) in [6.07, 6.45) is 4.28. The highest BCUT2D eigenvalue weighted by molar-refractivity contribution is 7.09. The Bertz CT molecular complexity index is 719. The highest BCUT2D eigenvalue weighted by Gasteiger charge is 2.24. The van der Waals surface area contributed by atoms with E-state index in [1.807, 2.05) is 12.3 Å². The molecule has 1 atom stereocenters. The maximum Gasteiger partial charge on any atom is 0.250 e. The van der Waals surface area contributed by atoms with Crippen molar-refractivity contribution in [2.45, 2.75) is 45.1 Å². The monoisotopic (exact) mass is 331 g/mol. The van der Waals surface area contributed by atoms with Gasteiger partial charge in [0.2, 0.25) is 0 Å². The third-order valence-corrected chi connectivity index (χ3v) is 5.59. The molecule has 0 radical (unpaired) electrons. The standard InChI is InChI=1S/C18H25N3OS/c1-13(2)16-12-23-18(19-16)15-5-4-7-21(11-15)10-14-6-8-20(3)17(22)9-14/h6,8-9,12-13,15H,4-5,7,10-11H2,1-3H3/t15-/m0/s1. The molecule has 3 rings (SSSR count). The summed E-state index contributed by atoms with van der Waals surface area (Å²) < 4.78 is 1.62. The van der Waals surface area contributed by atoms with E-state index in [9.17, 15) is 4.79 Å². The lowest BCUT2D eigenvalue weighted by atomic mass is 9.98. The predicted octanol–water partition coefficient (Wildman–Crippen LogP) is 3.34. The van der Waals surface area contributed by atoms with Gasteiger partial charge in [0.1, 0.15) is 0 Å². The second-order valence-corrected chi connectivity index (χ2v) is 7.71. The number of aryl methyl sites for hydroxylation is 1. The normalized spacial score (nSPS) is 19.4. The van der Waals surface area contributed by atoms with E-state index in [0.29, 0.717) is 11.8 Å². The first-order chi connectivity index (χ1) is 11.0. The number of rotatable bonds is 4. The van der Waals surface area contributed by atoms with E-state index in [1.165, 1.54) is 23.5 Å². The number of thiazole rings is 1.